The molecule has 3 nitrogen and oxygen atoms in total. The van der Waals surface area contributed by atoms with E-state index in [9.17, 15) is 4.79 Å². The number of allylic oxidation sites excluding steroid dienone is 4. The van der Waals surface area contributed by atoms with Crippen molar-refractivity contribution in [1.29, 1.82) is 0 Å². The molecule has 0 aromatic rings. The van der Waals surface area contributed by atoms with Gasteiger partial charge in [-0.25, -0.2) is 4.79 Å². The first kappa shape index (κ1) is 11.6. The van der Waals surface area contributed by atoms with Crippen LogP contribution in [-0.2, 0) is 14.3 Å². The quantitative estimate of drug-likeness (QED) is 0.654. The summed E-state index contributed by atoms with van der Waals surface area (Å²) in [6.07, 6.45) is 3.54. The number of hydrogen-bond acceptors (Lipinski definition) is 3. The van der Waals surface area contributed by atoms with Gasteiger partial charge in [0.2, 0.25) is 0 Å². The molecule has 0 fully saturated rings. The number of rotatable bonds is 2. The highest BCUT2D eigenvalue weighted by atomic mass is 16.5. The standard InChI is InChI=1S/C12H16O3/c1-5-14-12(13)11-7-10(4)15-9(3)6-8(11)2/h6-7H,5H2,1-4H3. The van der Waals surface area contributed by atoms with E-state index in [1.54, 1.807) is 13.0 Å². The molecule has 0 N–H and O–H groups in total. The van der Waals surface area contributed by atoms with E-state index >= 15 is 0 Å². The van der Waals surface area contributed by atoms with Crippen LogP contribution in [0.5, 0.6) is 0 Å². The third kappa shape index (κ3) is 2.98. The molecule has 0 saturated heterocycles. The van der Waals surface area contributed by atoms with Crippen LogP contribution in [0.4, 0.5) is 0 Å². The molecule has 0 aliphatic carbocycles. The molecule has 82 valence electrons. The Balaban J connectivity index is 3.07. The van der Waals surface area contributed by atoms with Gasteiger partial charge in [-0.2, -0.15) is 0 Å². The van der Waals surface area contributed by atoms with E-state index in [1.807, 2.05) is 26.8 Å². The minimum Gasteiger partial charge on any atom is -0.467 e. The molecule has 0 atom stereocenters. The lowest BCUT2D eigenvalue weighted by molar-refractivity contribution is -0.138. The van der Waals surface area contributed by atoms with Gasteiger partial charge in [-0.3, -0.25) is 0 Å². The summed E-state index contributed by atoms with van der Waals surface area (Å²) < 4.78 is 10.4. The minimum atomic E-state index is -0.302. The second-order valence-corrected chi connectivity index (χ2v) is 3.43. The van der Waals surface area contributed by atoms with Gasteiger partial charge in [0, 0.05) is 0 Å². The van der Waals surface area contributed by atoms with Crippen molar-refractivity contribution in [2.45, 2.75) is 27.7 Å². The third-order valence-corrected chi connectivity index (χ3v) is 2.01. The first-order valence-electron chi connectivity index (χ1n) is 4.97. The van der Waals surface area contributed by atoms with Gasteiger partial charge >= 0.3 is 5.97 Å². The lowest BCUT2D eigenvalue weighted by atomic mass is 10.1. The van der Waals surface area contributed by atoms with Crippen LogP contribution in [0, 0.1) is 0 Å². The van der Waals surface area contributed by atoms with E-state index in [-0.39, 0.29) is 5.97 Å². The van der Waals surface area contributed by atoms with Gasteiger partial charge < -0.3 is 9.47 Å². The van der Waals surface area contributed by atoms with Crippen molar-refractivity contribution in [1.82, 2.24) is 0 Å². The van der Waals surface area contributed by atoms with Gasteiger partial charge in [0.05, 0.1) is 12.2 Å². The lowest BCUT2D eigenvalue weighted by Gasteiger charge is -2.04. The van der Waals surface area contributed by atoms with Gasteiger partial charge in [-0.05, 0) is 45.4 Å². The smallest absolute Gasteiger partial charge is 0.338 e. The second-order valence-electron chi connectivity index (χ2n) is 3.43. The monoisotopic (exact) mass is 208 g/mol. The summed E-state index contributed by atoms with van der Waals surface area (Å²) in [5, 5.41) is 0. The highest BCUT2D eigenvalue weighted by molar-refractivity contribution is 5.93. The van der Waals surface area contributed by atoms with Crippen LogP contribution in [0.3, 0.4) is 0 Å². The number of carbonyl (C=O) groups is 1. The Morgan fingerprint density at radius 3 is 2.47 bits per heavy atom. The molecule has 15 heavy (non-hydrogen) atoms. The summed E-state index contributed by atoms with van der Waals surface area (Å²) in [6.45, 7) is 7.71. The number of esters is 1. The fraction of sp³-hybridized carbons (Fsp3) is 0.417. The van der Waals surface area contributed by atoms with Crippen LogP contribution < -0.4 is 0 Å². The molecule has 0 saturated carbocycles. The maximum atomic E-state index is 11.6. The summed E-state index contributed by atoms with van der Waals surface area (Å²) in [5.74, 6) is 1.17. The summed E-state index contributed by atoms with van der Waals surface area (Å²) in [4.78, 5) is 11.6. The molecule has 1 aliphatic rings. The van der Waals surface area contributed by atoms with Crippen molar-refractivity contribution in [2.75, 3.05) is 6.61 Å². The topological polar surface area (TPSA) is 35.5 Å². The van der Waals surface area contributed by atoms with Crippen LogP contribution in [-0.4, -0.2) is 12.6 Å². The Kier molecular flexibility index (Phi) is 3.72. The molecular formula is C12H16O3. The van der Waals surface area contributed by atoms with Crippen LogP contribution >= 0.6 is 0 Å². The van der Waals surface area contributed by atoms with Crippen molar-refractivity contribution >= 4 is 5.97 Å². The Bertz CT molecular complexity index is 359. The van der Waals surface area contributed by atoms with Gasteiger partial charge in [-0.15, -0.1) is 0 Å². The normalized spacial score (nSPS) is 16.3. The molecule has 1 aliphatic heterocycles. The largest absolute Gasteiger partial charge is 0.467 e. The Hall–Kier alpha value is -1.51. The van der Waals surface area contributed by atoms with Crippen LogP contribution in [0.1, 0.15) is 27.7 Å². The van der Waals surface area contributed by atoms with Crippen molar-refractivity contribution in [2.24, 2.45) is 0 Å². The fourth-order valence-electron chi connectivity index (χ4n) is 1.44. The maximum absolute atomic E-state index is 11.6. The lowest BCUT2D eigenvalue weighted by Crippen LogP contribution is -2.07. The first-order chi connectivity index (χ1) is 7.04. The van der Waals surface area contributed by atoms with Gasteiger partial charge in [0.1, 0.15) is 11.5 Å². The van der Waals surface area contributed by atoms with E-state index in [0.29, 0.717) is 17.9 Å². The SMILES string of the molecule is CCOC(=O)C1=C(C)C=C(C)OC(C)=C1. The average molecular weight is 208 g/mol. The van der Waals surface area contributed by atoms with Crippen molar-refractivity contribution in [3.05, 3.63) is 34.8 Å². The number of ether oxygens (including phenoxy) is 2. The first-order valence-corrected chi connectivity index (χ1v) is 4.97. The van der Waals surface area contributed by atoms with Crippen LogP contribution in [0.15, 0.2) is 34.8 Å². The van der Waals surface area contributed by atoms with E-state index in [1.165, 1.54) is 0 Å². The highest BCUT2D eigenvalue weighted by Gasteiger charge is 2.14. The zero-order valence-electron chi connectivity index (χ0n) is 9.59. The van der Waals surface area contributed by atoms with Crippen LogP contribution in [0.2, 0.25) is 0 Å². The fourth-order valence-corrected chi connectivity index (χ4v) is 1.44. The zero-order chi connectivity index (χ0) is 11.4. The van der Waals surface area contributed by atoms with E-state index < -0.39 is 0 Å². The maximum Gasteiger partial charge on any atom is 0.338 e. The molecule has 0 bridgehead atoms. The molecule has 0 aromatic heterocycles. The molecule has 0 amide bonds. The summed E-state index contributed by atoms with van der Waals surface area (Å²) >= 11 is 0. The van der Waals surface area contributed by atoms with Gasteiger partial charge in [-0.1, -0.05) is 0 Å². The molecule has 0 spiro atoms. The molecule has 0 radical (unpaired) electrons. The summed E-state index contributed by atoms with van der Waals surface area (Å²) in [6, 6.07) is 0. The Morgan fingerprint density at radius 1 is 1.27 bits per heavy atom. The Morgan fingerprint density at radius 2 is 1.87 bits per heavy atom. The van der Waals surface area contributed by atoms with Crippen molar-refractivity contribution < 1.29 is 14.3 Å². The van der Waals surface area contributed by atoms with Crippen molar-refractivity contribution in [3.8, 4) is 0 Å². The molecule has 0 aromatic carbocycles. The van der Waals surface area contributed by atoms with Crippen LogP contribution in [0.25, 0.3) is 0 Å². The molecule has 1 rings (SSSR count). The summed E-state index contributed by atoms with van der Waals surface area (Å²) in [7, 11) is 0. The number of hydrogen-bond donors (Lipinski definition) is 0. The van der Waals surface area contributed by atoms with Gasteiger partial charge in [0.25, 0.3) is 0 Å². The molecule has 1 heterocycles. The molecule has 3 heteroatoms. The van der Waals surface area contributed by atoms with Gasteiger partial charge in [0.15, 0.2) is 0 Å². The third-order valence-electron chi connectivity index (χ3n) is 2.01. The summed E-state index contributed by atoms with van der Waals surface area (Å²) in [5.41, 5.74) is 1.43. The van der Waals surface area contributed by atoms with E-state index in [0.717, 1.165) is 11.3 Å². The van der Waals surface area contributed by atoms with E-state index in [2.05, 4.69) is 0 Å². The zero-order valence-corrected chi connectivity index (χ0v) is 9.59. The predicted octanol–water partition coefficient (Wildman–Crippen LogP) is 2.70. The predicted molar refractivity (Wildman–Crippen MR) is 57.9 cm³/mol. The highest BCUT2D eigenvalue weighted by Crippen LogP contribution is 2.20. The molecule has 0 unspecified atom stereocenters. The molecular weight excluding hydrogens is 192 g/mol. The second kappa shape index (κ2) is 4.82. The van der Waals surface area contributed by atoms with E-state index in [4.69, 9.17) is 9.47 Å². The van der Waals surface area contributed by atoms with Crippen molar-refractivity contribution in [3.63, 3.8) is 0 Å². The number of carbonyl (C=O) groups excluding carboxylic acids is 1. The minimum absolute atomic E-state index is 0.302. The average Bonchev–Trinajstić information content (AvgIpc) is 2.24. The Labute approximate surface area is 90.1 Å².